The number of nitrogens with zero attached hydrogens (tertiary/aromatic N) is 1. The fraction of sp³-hybridized carbons (Fsp3) is 1.00. The molecule has 3 unspecified atom stereocenters. The Morgan fingerprint density at radius 3 is 2.62 bits per heavy atom. The minimum Gasteiger partial charge on any atom is -0.359 e. The van der Waals surface area contributed by atoms with E-state index in [0.717, 1.165) is 16.1 Å². The molecule has 0 radical (unpaired) electrons. The van der Waals surface area contributed by atoms with Crippen molar-refractivity contribution in [2.45, 2.75) is 57.9 Å². The summed E-state index contributed by atoms with van der Waals surface area (Å²) in [5.74, 6) is 0.943. The molecule has 1 aliphatic heterocycles. The highest BCUT2D eigenvalue weighted by Crippen LogP contribution is 2.43. The van der Waals surface area contributed by atoms with Gasteiger partial charge in [-0.2, -0.15) is 0 Å². The SMILES string of the molecule is CCCC[N+]1([SiH](Cl)Cl)CCC2CCCCC21. The number of likely N-dealkylation sites (tertiary alicyclic amines) is 1. The highest BCUT2D eigenvalue weighted by molar-refractivity contribution is 7.30. The van der Waals surface area contributed by atoms with Crippen LogP contribution in [0.4, 0.5) is 0 Å². The predicted molar refractivity (Wildman–Crippen MR) is 74.1 cm³/mol. The molecule has 1 heterocycles. The average Bonchev–Trinajstić information content (AvgIpc) is 2.67. The third kappa shape index (κ3) is 2.31. The van der Waals surface area contributed by atoms with Gasteiger partial charge in [-0.15, -0.1) is 0 Å². The van der Waals surface area contributed by atoms with Crippen molar-refractivity contribution >= 4 is 29.7 Å². The van der Waals surface area contributed by atoms with Crippen molar-refractivity contribution in [3.05, 3.63) is 0 Å². The fourth-order valence-corrected chi connectivity index (χ4v) is 7.29. The quantitative estimate of drug-likeness (QED) is 0.543. The van der Waals surface area contributed by atoms with Crippen LogP contribution in [0, 0.1) is 5.92 Å². The molecule has 1 saturated heterocycles. The van der Waals surface area contributed by atoms with Crippen LogP contribution in [0.3, 0.4) is 0 Å². The number of unbranched alkanes of at least 4 members (excludes halogenated alkanes) is 1. The van der Waals surface area contributed by atoms with E-state index in [0.29, 0.717) is 0 Å². The topological polar surface area (TPSA) is 0 Å². The van der Waals surface area contributed by atoms with Gasteiger partial charge in [0, 0.05) is 12.3 Å². The van der Waals surface area contributed by atoms with Crippen molar-refractivity contribution in [1.82, 2.24) is 0 Å². The van der Waals surface area contributed by atoms with Crippen LogP contribution in [0.5, 0.6) is 0 Å². The lowest BCUT2D eigenvalue weighted by Crippen LogP contribution is -2.59. The number of quaternary nitrogens is 1. The minimum atomic E-state index is -1.60. The van der Waals surface area contributed by atoms with Gasteiger partial charge in [0.1, 0.15) is 0 Å². The zero-order valence-corrected chi connectivity index (χ0v) is 13.0. The molecule has 4 heteroatoms. The number of hydrogen-bond acceptors (Lipinski definition) is 0. The van der Waals surface area contributed by atoms with E-state index >= 15 is 0 Å². The van der Waals surface area contributed by atoms with Crippen LogP contribution in [-0.4, -0.2) is 30.9 Å². The van der Waals surface area contributed by atoms with Gasteiger partial charge < -0.3 is 4.15 Å². The summed E-state index contributed by atoms with van der Waals surface area (Å²) in [6.45, 7) is 4.80. The second kappa shape index (κ2) is 5.60. The molecular formula is C12H24Cl2NSi+. The standard InChI is InChI=1S/C12H24Cl2NSi/c1-2-3-9-15(16(13)14)10-8-11-6-4-5-7-12(11)15/h11-12,16H,2-10H2,1H3/q+1. The Kier molecular flexibility index (Phi) is 4.62. The van der Waals surface area contributed by atoms with Gasteiger partial charge in [0.2, 0.25) is 0 Å². The maximum Gasteiger partial charge on any atom is 0.471 e. The normalized spacial score (nSPS) is 39.0. The van der Waals surface area contributed by atoms with E-state index in [1.807, 2.05) is 0 Å². The van der Waals surface area contributed by atoms with Crippen molar-refractivity contribution in [3.63, 3.8) is 0 Å². The Balaban J connectivity index is 2.12. The number of halogens is 2. The molecule has 2 aliphatic rings. The van der Waals surface area contributed by atoms with Crippen molar-refractivity contribution in [3.8, 4) is 0 Å². The summed E-state index contributed by atoms with van der Waals surface area (Å²) in [4.78, 5) is 0. The van der Waals surface area contributed by atoms with Gasteiger partial charge in [0.05, 0.1) is 19.1 Å². The monoisotopic (exact) mass is 280 g/mol. The van der Waals surface area contributed by atoms with Gasteiger partial charge in [-0.1, -0.05) is 41.9 Å². The van der Waals surface area contributed by atoms with E-state index in [2.05, 4.69) is 6.92 Å². The molecule has 0 aromatic rings. The Morgan fingerprint density at radius 1 is 1.19 bits per heavy atom. The fourth-order valence-electron chi connectivity index (χ4n) is 3.84. The first-order chi connectivity index (χ1) is 7.70. The second-order valence-corrected chi connectivity index (χ2v) is 10.3. The van der Waals surface area contributed by atoms with Gasteiger partial charge in [0.25, 0.3) is 0 Å². The molecule has 1 saturated carbocycles. The van der Waals surface area contributed by atoms with Crippen molar-refractivity contribution in [2.75, 3.05) is 13.1 Å². The average molecular weight is 281 g/mol. The van der Waals surface area contributed by atoms with Gasteiger partial charge in [0.15, 0.2) is 0 Å². The van der Waals surface area contributed by atoms with Crippen molar-refractivity contribution < 1.29 is 4.15 Å². The molecule has 2 fully saturated rings. The van der Waals surface area contributed by atoms with E-state index in [9.17, 15) is 0 Å². The first-order valence-electron chi connectivity index (χ1n) is 6.85. The third-order valence-corrected chi connectivity index (χ3v) is 8.77. The van der Waals surface area contributed by atoms with Gasteiger partial charge in [-0.25, -0.2) is 0 Å². The van der Waals surface area contributed by atoms with E-state index in [4.69, 9.17) is 22.2 Å². The Labute approximate surface area is 111 Å². The first-order valence-corrected chi connectivity index (χ1v) is 10.9. The molecule has 2 rings (SSSR count). The van der Waals surface area contributed by atoms with Crippen molar-refractivity contribution in [2.24, 2.45) is 5.92 Å². The molecule has 0 amide bonds. The highest BCUT2D eigenvalue weighted by Gasteiger charge is 2.52. The Hall–Kier alpha value is 0.757. The van der Waals surface area contributed by atoms with E-state index in [1.165, 1.54) is 58.0 Å². The zero-order valence-electron chi connectivity index (χ0n) is 10.3. The van der Waals surface area contributed by atoms with E-state index in [1.54, 1.807) is 0 Å². The van der Waals surface area contributed by atoms with Gasteiger partial charge in [-0.05, 0) is 25.7 Å². The van der Waals surface area contributed by atoms with Crippen LogP contribution >= 0.6 is 22.2 Å². The highest BCUT2D eigenvalue weighted by atomic mass is 35.7. The van der Waals surface area contributed by atoms with E-state index in [-0.39, 0.29) is 0 Å². The molecular weight excluding hydrogens is 257 g/mol. The second-order valence-electron chi connectivity index (χ2n) is 5.58. The lowest BCUT2D eigenvalue weighted by molar-refractivity contribution is -0.838. The summed E-state index contributed by atoms with van der Waals surface area (Å²) in [5.41, 5.74) is 0. The molecule has 0 aromatic carbocycles. The van der Waals surface area contributed by atoms with Crippen LogP contribution in [0.2, 0.25) is 0 Å². The van der Waals surface area contributed by atoms with Crippen LogP contribution in [0.25, 0.3) is 0 Å². The van der Waals surface area contributed by atoms with E-state index < -0.39 is 7.58 Å². The maximum atomic E-state index is 6.47. The van der Waals surface area contributed by atoms with Crippen molar-refractivity contribution in [1.29, 1.82) is 0 Å². The summed E-state index contributed by atoms with van der Waals surface area (Å²) in [7, 11) is -1.60. The number of hydrogen-bond donors (Lipinski definition) is 0. The lowest BCUT2D eigenvalue weighted by atomic mass is 9.85. The maximum absolute atomic E-state index is 6.47. The molecule has 0 bridgehead atoms. The molecule has 1 aliphatic carbocycles. The number of rotatable bonds is 4. The predicted octanol–water partition coefficient (Wildman–Crippen LogP) is 3.76. The summed E-state index contributed by atoms with van der Waals surface area (Å²) in [6.07, 6.45) is 9.62. The van der Waals surface area contributed by atoms with Crippen LogP contribution in [0.15, 0.2) is 0 Å². The number of fused-ring (bicyclic) bond motifs is 1. The molecule has 94 valence electrons. The molecule has 3 atom stereocenters. The summed E-state index contributed by atoms with van der Waals surface area (Å²) >= 11 is 12.9. The third-order valence-electron chi connectivity index (χ3n) is 4.76. The van der Waals surface area contributed by atoms with Gasteiger partial charge in [-0.3, -0.25) is 0 Å². The first kappa shape index (κ1) is 13.2. The molecule has 1 nitrogen and oxygen atoms in total. The lowest BCUT2D eigenvalue weighted by Gasteiger charge is -2.44. The molecule has 16 heavy (non-hydrogen) atoms. The smallest absolute Gasteiger partial charge is 0.359 e. The van der Waals surface area contributed by atoms with Crippen LogP contribution < -0.4 is 0 Å². The van der Waals surface area contributed by atoms with Crippen LogP contribution in [0.1, 0.15) is 51.9 Å². The summed E-state index contributed by atoms with van der Waals surface area (Å²) in [6, 6.07) is 0.826. The minimum absolute atomic E-state index is 0.826. The molecule has 0 aromatic heterocycles. The molecule has 0 N–H and O–H groups in total. The Morgan fingerprint density at radius 2 is 1.94 bits per heavy atom. The Bertz CT molecular complexity index is 237. The van der Waals surface area contributed by atoms with Gasteiger partial charge >= 0.3 is 7.58 Å². The largest absolute Gasteiger partial charge is 0.471 e. The van der Waals surface area contributed by atoms with Crippen LogP contribution in [-0.2, 0) is 0 Å². The summed E-state index contributed by atoms with van der Waals surface area (Å²) in [5, 5.41) is 0. The molecule has 0 spiro atoms. The summed E-state index contributed by atoms with van der Waals surface area (Å²) < 4.78 is 1.14. The zero-order chi connectivity index (χ0) is 11.6.